The number of benzene rings is 2. The number of hydrogen-bond acceptors (Lipinski definition) is 4. The van der Waals surface area contributed by atoms with E-state index in [1.807, 2.05) is 31.2 Å². The first kappa shape index (κ1) is 21.9. The standard InChI is InChI=1S/C25H29N3O4/c1-2-14-27-21-5-3-4-6-22(21)28(25(27)32)17-13-23(30)26-15-11-19(12-16-26)24(31)18-7-9-20(29)10-8-18/h3-10,19,29H,2,11-17H2,1H3. The second-order valence-corrected chi connectivity index (χ2v) is 8.39. The Morgan fingerprint density at radius 3 is 2.12 bits per heavy atom. The van der Waals surface area contributed by atoms with Crippen LogP contribution in [0.4, 0.5) is 0 Å². The molecule has 1 aliphatic rings. The Morgan fingerprint density at radius 1 is 0.938 bits per heavy atom. The Balaban J connectivity index is 1.37. The van der Waals surface area contributed by atoms with Crippen molar-refractivity contribution in [3.8, 4) is 5.75 Å². The Labute approximate surface area is 186 Å². The van der Waals surface area contributed by atoms with Gasteiger partial charge in [0.2, 0.25) is 5.91 Å². The van der Waals surface area contributed by atoms with Crippen LogP contribution < -0.4 is 5.69 Å². The monoisotopic (exact) mass is 435 g/mol. The van der Waals surface area contributed by atoms with Crippen molar-refractivity contribution in [3.63, 3.8) is 0 Å². The van der Waals surface area contributed by atoms with Crippen LogP contribution in [0, 0.1) is 5.92 Å². The van der Waals surface area contributed by atoms with Crippen LogP contribution in [-0.2, 0) is 17.9 Å². The second kappa shape index (κ2) is 9.42. The maximum absolute atomic E-state index is 12.9. The molecule has 1 fully saturated rings. The highest BCUT2D eigenvalue weighted by molar-refractivity contribution is 5.98. The minimum absolute atomic E-state index is 0.0137. The number of carbonyl (C=O) groups excluding carboxylic acids is 2. The number of Topliss-reactive ketones (excluding diaryl/α,β-unsaturated/α-hetero) is 1. The lowest BCUT2D eigenvalue weighted by molar-refractivity contribution is -0.132. The number of aromatic hydroxyl groups is 1. The molecule has 0 unspecified atom stereocenters. The van der Waals surface area contributed by atoms with Gasteiger partial charge in [0.1, 0.15) is 5.75 Å². The summed E-state index contributed by atoms with van der Waals surface area (Å²) in [5.74, 6) is 0.101. The van der Waals surface area contributed by atoms with E-state index in [2.05, 4.69) is 0 Å². The van der Waals surface area contributed by atoms with Crippen molar-refractivity contribution in [2.24, 2.45) is 5.92 Å². The van der Waals surface area contributed by atoms with E-state index in [-0.39, 0.29) is 35.5 Å². The van der Waals surface area contributed by atoms with Gasteiger partial charge >= 0.3 is 5.69 Å². The second-order valence-electron chi connectivity index (χ2n) is 8.39. The number of nitrogens with zero attached hydrogens (tertiary/aromatic N) is 3. The zero-order valence-electron chi connectivity index (χ0n) is 18.4. The number of phenols is 1. The molecular weight excluding hydrogens is 406 g/mol. The minimum Gasteiger partial charge on any atom is -0.508 e. The molecule has 7 heteroatoms. The minimum atomic E-state index is -0.113. The highest BCUT2D eigenvalue weighted by atomic mass is 16.3. The summed E-state index contributed by atoms with van der Waals surface area (Å²) in [6.45, 7) is 4.13. The number of likely N-dealkylation sites (tertiary alicyclic amines) is 1. The third-order valence-corrected chi connectivity index (χ3v) is 6.29. The molecule has 0 saturated carbocycles. The number of aromatic nitrogens is 2. The number of amides is 1. The van der Waals surface area contributed by atoms with E-state index in [4.69, 9.17) is 0 Å². The number of carbonyl (C=O) groups is 2. The number of para-hydroxylation sites is 2. The largest absolute Gasteiger partial charge is 0.508 e. The van der Waals surface area contributed by atoms with Gasteiger partial charge in [0.05, 0.1) is 11.0 Å². The molecular formula is C25H29N3O4. The van der Waals surface area contributed by atoms with Crippen molar-refractivity contribution in [1.82, 2.24) is 14.0 Å². The van der Waals surface area contributed by atoms with Crippen molar-refractivity contribution >= 4 is 22.7 Å². The normalized spacial score (nSPS) is 14.7. The molecule has 4 rings (SSSR count). The Hall–Kier alpha value is -3.35. The van der Waals surface area contributed by atoms with Crippen LogP contribution in [0.25, 0.3) is 11.0 Å². The van der Waals surface area contributed by atoms with Gasteiger partial charge in [-0.3, -0.25) is 18.7 Å². The van der Waals surface area contributed by atoms with Crippen LogP contribution in [0.15, 0.2) is 53.3 Å². The van der Waals surface area contributed by atoms with E-state index in [9.17, 15) is 19.5 Å². The maximum atomic E-state index is 12.9. The zero-order chi connectivity index (χ0) is 22.7. The first-order valence-electron chi connectivity index (χ1n) is 11.3. The first-order chi connectivity index (χ1) is 15.5. The Morgan fingerprint density at radius 2 is 1.53 bits per heavy atom. The summed E-state index contributed by atoms with van der Waals surface area (Å²) in [4.78, 5) is 40.2. The molecule has 0 spiro atoms. The van der Waals surface area contributed by atoms with Crippen LogP contribution in [0.2, 0.25) is 0 Å². The SMILES string of the molecule is CCCn1c(=O)n(CCC(=O)N2CCC(C(=O)c3ccc(O)cc3)CC2)c2ccccc21. The van der Waals surface area contributed by atoms with Gasteiger partial charge in [-0.05, 0) is 55.7 Å². The molecule has 0 radical (unpaired) electrons. The summed E-state index contributed by atoms with van der Waals surface area (Å²) in [6.07, 6.45) is 2.38. The van der Waals surface area contributed by atoms with Crippen LogP contribution in [0.1, 0.15) is 43.0 Å². The van der Waals surface area contributed by atoms with E-state index in [0.29, 0.717) is 44.6 Å². The van der Waals surface area contributed by atoms with Crippen LogP contribution in [0.3, 0.4) is 0 Å². The van der Waals surface area contributed by atoms with Gasteiger partial charge in [0.15, 0.2) is 5.78 Å². The number of aryl methyl sites for hydroxylation is 2. The van der Waals surface area contributed by atoms with Crippen molar-refractivity contribution in [1.29, 1.82) is 0 Å². The van der Waals surface area contributed by atoms with Crippen molar-refractivity contribution in [2.45, 2.75) is 45.7 Å². The number of rotatable bonds is 7. The fourth-order valence-corrected chi connectivity index (χ4v) is 4.55. The predicted molar refractivity (Wildman–Crippen MR) is 123 cm³/mol. The van der Waals surface area contributed by atoms with Crippen molar-refractivity contribution in [2.75, 3.05) is 13.1 Å². The molecule has 0 atom stereocenters. The van der Waals surface area contributed by atoms with Gasteiger partial charge in [0.25, 0.3) is 0 Å². The molecule has 3 aromatic rings. The van der Waals surface area contributed by atoms with Gasteiger partial charge in [-0.15, -0.1) is 0 Å². The summed E-state index contributed by atoms with van der Waals surface area (Å²) in [5, 5.41) is 9.40. The highest BCUT2D eigenvalue weighted by Crippen LogP contribution is 2.23. The molecule has 1 saturated heterocycles. The quantitative estimate of drug-likeness (QED) is 0.576. The average molecular weight is 436 g/mol. The van der Waals surface area contributed by atoms with Gasteiger partial charge in [-0.1, -0.05) is 19.1 Å². The van der Waals surface area contributed by atoms with E-state index >= 15 is 0 Å². The molecule has 7 nitrogen and oxygen atoms in total. The summed E-state index contributed by atoms with van der Waals surface area (Å²) >= 11 is 0. The van der Waals surface area contributed by atoms with Crippen molar-refractivity contribution < 1.29 is 14.7 Å². The lowest BCUT2D eigenvalue weighted by atomic mass is 9.89. The number of fused-ring (bicyclic) bond motifs is 1. The summed E-state index contributed by atoms with van der Waals surface area (Å²) < 4.78 is 3.48. The fraction of sp³-hybridized carbons (Fsp3) is 0.400. The molecule has 1 aliphatic heterocycles. The number of ketones is 1. The zero-order valence-corrected chi connectivity index (χ0v) is 18.4. The molecule has 1 aromatic heterocycles. The summed E-state index contributed by atoms with van der Waals surface area (Å²) in [5.41, 5.74) is 2.28. The maximum Gasteiger partial charge on any atom is 0.329 e. The Kier molecular flexibility index (Phi) is 6.44. The van der Waals surface area contributed by atoms with Crippen LogP contribution in [-0.4, -0.2) is 43.9 Å². The van der Waals surface area contributed by atoms with Crippen LogP contribution >= 0.6 is 0 Å². The molecule has 1 amide bonds. The van der Waals surface area contributed by atoms with E-state index < -0.39 is 0 Å². The Bertz CT molecular complexity index is 1170. The molecule has 1 N–H and O–H groups in total. The first-order valence-corrected chi connectivity index (χ1v) is 11.3. The number of phenolic OH excluding ortho intramolecular Hbond substituents is 1. The number of piperidine rings is 1. The molecule has 0 aliphatic carbocycles. The van der Waals surface area contributed by atoms with E-state index in [1.54, 1.807) is 26.2 Å². The highest BCUT2D eigenvalue weighted by Gasteiger charge is 2.28. The predicted octanol–water partition coefficient (Wildman–Crippen LogP) is 3.43. The van der Waals surface area contributed by atoms with E-state index in [0.717, 1.165) is 17.5 Å². The van der Waals surface area contributed by atoms with Gasteiger partial charge in [0, 0.05) is 44.1 Å². The topological polar surface area (TPSA) is 84.5 Å². The van der Waals surface area contributed by atoms with Gasteiger partial charge in [-0.25, -0.2) is 4.79 Å². The van der Waals surface area contributed by atoms with Crippen molar-refractivity contribution in [3.05, 3.63) is 64.6 Å². The fourth-order valence-electron chi connectivity index (χ4n) is 4.55. The third-order valence-electron chi connectivity index (χ3n) is 6.29. The third kappa shape index (κ3) is 4.33. The molecule has 2 aromatic carbocycles. The lowest BCUT2D eigenvalue weighted by Gasteiger charge is -2.31. The van der Waals surface area contributed by atoms with Gasteiger partial charge < -0.3 is 10.0 Å². The number of imidazole rings is 1. The summed E-state index contributed by atoms with van der Waals surface area (Å²) in [7, 11) is 0. The van der Waals surface area contributed by atoms with E-state index in [1.165, 1.54) is 12.1 Å². The number of hydrogen-bond donors (Lipinski definition) is 1. The van der Waals surface area contributed by atoms with Crippen LogP contribution in [0.5, 0.6) is 5.75 Å². The molecule has 0 bridgehead atoms. The summed E-state index contributed by atoms with van der Waals surface area (Å²) in [6, 6.07) is 14.0. The lowest BCUT2D eigenvalue weighted by Crippen LogP contribution is -2.40. The van der Waals surface area contributed by atoms with Gasteiger partial charge in [-0.2, -0.15) is 0 Å². The smallest absolute Gasteiger partial charge is 0.329 e. The molecule has 32 heavy (non-hydrogen) atoms. The average Bonchev–Trinajstić information content (AvgIpc) is 3.09. The molecule has 2 heterocycles. The molecule has 168 valence electrons.